The summed E-state index contributed by atoms with van der Waals surface area (Å²) in [5.41, 5.74) is 15.4. The summed E-state index contributed by atoms with van der Waals surface area (Å²) in [4.78, 5) is 0. The Hall–Kier alpha value is -4.16. The highest BCUT2D eigenvalue weighted by Crippen LogP contribution is 2.50. The Bertz CT molecular complexity index is 1670. The summed E-state index contributed by atoms with van der Waals surface area (Å²) in [5.74, 6) is 0.449. The van der Waals surface area contributed by atoms with Gasteiger partial charge in [-0.25, -0.2) is 0 Å². The minimum absolute atomic E-state index is 0.0914. The fourth-order valence-corrected chi connectivity index (χ4v) is 7.11. The molecule has 0 heteroatoms. The Morgan fingerprint density at radius 2 is 1.57 bits per heavy atom. The minimum Gasteiger partial charge on any atom is -0.0991 e. The Kier molecular flexibility index (Phi) is 7.98. The van der Waals surface area contributed by atoms with E-state index in [2.05, 4.69) is 143 Å². The van der Waals surface area contributed by atoms with Crippen LogP contribution in [0.15, 0.2) is 134 Å². The summed E-state index contributed by atoms with van der Waals surface area (Å²) in [5, 5.41) is 0. The van der Waals surface area contributed by atoms with Crippen LogP contribution in [0.25, 0.3) is 33.4 Å². The summed E-state index contributed by atoms with van der Waals surface area (Å²) >= 11 is 0. The fourth-order valence-electron chi connectivity index (χ4n) is 7.11. The standard InChI is InChI=1S/C42H42/c1-5-14-36(30(2)15-13-19-33-18-9-10-20-37(33)32-16-7-6-8-17-32)34-25-23-31(24-26-34)35-27-28-41-39(29-35)38-21-11-12-22-40(38)42(41,3)4/h5-10,12,14,16-18,20,22-30H,1,11,13,15,19,21H2,2-4H3/b36-14+. The predicted octanol–water partition coefficient (Wildman–Crippen LogP) is 11.6. The molecule has 0 N–H and O–H groups in total. The van der Waals surface area contributed by atoms with Crippen LogP contribution in [0.2, 0.25) is 0 Å². The molecule has 0 amide bonds. The summed E-state index contributed by atoms with van der Waals surface area (Å²) in [6.45, 7) is 11.1. The summed E-state index contributed by atoms with van der Waals surface area (Å²) < 4.78 is 0. The lowest BCUT2D eigenvalue weighted by Crippen LogP contribution is -2.16. The van der Waals surface area contributed by atoms with Gasteiger partial charge in [0.15, 0.2) is 0 Å². The van der Waals surface area contributed by atoms with Crippen LogP contribution in [-0.4, -0.2) is 0 Å². The molecule has 42 heavy (non-hydrogen) atoms. The van der Waals surface area contributed by atoms with Gasteiger partial charge < -0.3 is 0 Å². The number of hydrogen-bond donors (Lipinski definition) is 0. The quantitative estimate of drug-likeness (QED) is 0.183. The van der Waals surface area contributed by atoms with Crippen molar-refractivity contribution in [1.29, 1.82) is 0 Å². The molecule has 0 saturated heterocycles. The van der Waals surface area contributed by atoms with Crippen molar-refractivity contribution in [3.8, 4) is 22.3 Å². The van der Waals surface area contributed by atoms with Gasteiger partial charge >= 0.3 is 0 Å². The highest BCUT2D eigenvalue weighted by molar-refractivity contribution is 5.86. The van der Waals surface area contributed by atoms with Gasteiger partial charge in [-0.05, 0) is 105 Å². The lowest BCUT2D eigenvalue weighted by molar-refractivity contribution is 0.620. The van der Waals surface area contributed by atoms with Crippen LogP contribution in [0.3, 0.4) is 0 Å². The van der Waals surface area contributed by atoms with Crippen molar-refractivity contribution in [1.82, 2.24) is 0 Å². The third-order valence-corrected chi connectivity index (χ3v) is 9.43. The number of aryl methyl sites for hydroxylation is 1. The Labute approximate surface area is 252 Å². The molecular weight excluding hydrogens is 504 g/mol. The molecule has 0 fully saturated rings. The van der Waals surface area contributed by atoms with Crippen molar-refractivity contribution in [2.75, 3.05) is 0 Å². The first-order valence-corrected chi connectivity index (χ1v) is 15.6. The third kappa shape index (κ3) is 5.39. The second-order valence-corrected chi connectivity index (χ2v) is 12.5. The topological polar surface area (TPSA) is 0 Å². The van der Waals surface area contributed by atoms with Crippen LogP contribution in [0.4, 0.5) is 0 Å². The van der Waals surface area contributed by atoms with E-state index in [0.717, 1.165) is 32.1 Å². The maximum Gasteiger partial charge on any atom is 0.0155 e. The van der Waals surface area contributed by atoms with Gasteiger partial charge in [0.2, 0.25) is 0 Å². The molecule has 210 valence electrons. The zero-order chi connectivity index (χ0) is 29.1. The summed E-state index contributed by atoms with van der Waals surface area (Å²) in [6, 6.07) is 35.9. The van der Waals surface area contributed by atoms with E-state index in [1.807, 2.05) is 6.08 Å². The molecule has 1 atom stereocenters. The highest BCUT2D eigenvalue weighted by Gasteiger charge is 2.36. The van der Waals surface area contributed by atoms with Crippen molar-refractivity contribution >= 4 is 11.1 Å². The largest absolute Gasteiger partial charge is 0.0991 e. The van der Waals surface area contributed by atoms with E-state index in [-0.39, 0.29) is 5.41 Å². The molecule has 0 aromatic heterocycles. The van der Waals surface area contributed by atoms with Crippen LogP contribution in [0.1, 0.15) is 68.7 Å². The number of rotatable bonds is 9. The molecule has 0 bridgehead atoms. The normalized spacial score (nSPS) is 16.2. The third-order valence-electron chi connectivity index (χ3n) is 9.43. The van der Waals surface area contributed by atoms with E-state index < -0.39 is 0 Å². The van der Waals surface area contributed by atoms with E-state index >= 15 is 0 Å². The van der Waals surface area contributed by atoms with Gasteiger partial charge in [-0.15, -0.1) is 0 Å². The van der Waals surface area contributed by atoms with Crippen molar-refractivity contribution < 1.29 is 0 Å². The average molecular weight is 547 g/mol. The van der Waals surface area contributed by atoms with Crippen LogP contribution < -0.4 is 0 Å². The van der Waals surface area contributed by atoms with Crippen molar-refractivity contribution in [3.63, 3.8) is 0 Å². The average Bonchev–Trinajstić information content (AvgIpc) is 3.26. The Morgan fingerprint density at radius 1 is 0.833 bits per heavy atom. The van der Waals surface area contributed by atoms with Gasteiger partial charge in [0.05, 0.1) is 0 Å². The minimum atomic E-state index is 0.0914. The van der Waals surface area contributed by atoms with E-state index in [4.69, 9.17) is 0 Å². The number of hydrogen-bond acceptors (Lipinski definition) is 0. The summed E-state index contributed by atoms with van der Waals surface area (Å²) in [6.07, 6.45) is 14.5. The molecule has 0 spiro atoms. The lowest BCUT2D eigenvalue weighted by Gasteiger charge is -2.24. The molecular formula is C42H42. The molecule has 0 heterocycles. The first-order valence-electron chi connectivity index (χ1n) is 15.6. The first kappa shape index (κ1) is 28.0. The zero-order valence-electron chi connectivity index (χ0n) is 25.4. The molecule has 1 unspecified atom stereocenters. The SMILES string of the molecule is C=C/C=C(/c1ccc(-c2ccc3c(c2)C2=C(C=CCC2)C3(C)C)cc1)C(C)CCCc1ccccc1-c1ccccc1. The van der Waals surface area contributed by atoms with E-state index in [0.29, 0.717) is 5.92 Å². The predicted molar refractivity (Wildman–Crippen MR) is 182 cm³/mol. The zero-order valence-corrected chi connectivity index (χ0v) is 25.4. The highest BCUT2D eigenvalue weighted by atomic mass is 14.4. The van der Waals surface area contributed by atoms with Gasteiger partial charge in [-0.1, -0.05) is 143 Å². The second kappa shape index (κ2) is 12.0. The molecule has 4 aromatic rings. The van der Waals surface area contributed by atoms with Crippen LogP contribution in [0, 0.1) is 5.92 Å². The molecule has 2 aliphatic rings. The van der Waals surface area contributed by atoms with Crippen molar-refractivity contribution in [3.05, 3.63) is 156 Å². The van der Waals surface area contributed by atoms with Crippen molar-refractivity contribution in [2.24, 2.45) is 5.92 Å². The monoisotopic (exact) mass is 546 g/mol. The maximum atomic E-state index is 4.04. The van der Waals surface area contributed by atoms with Gasteiger partial charge in [0.1, 0.15) is 0 Å². The van der Waals surface area contributed by atoms with Crippen molar-refractivity contribution in [2.45, 2.75) is 58.3 Å². The number of benzene rings is 4. The summed E-state index contributed by atoms with van der Waals surface area (Å²) in [7, 11) is 0. The van der Waals surface area contributed by atoms with Gasteiger partial charge in [-0.2, -0.15) is 0 Å². The van der Waals surface area contributed by atoms with Gasteiger partial charge in [0, 0.05) is 5.41 Å². The van der Waals surface area contributed by atoms with Crippen LogP contribution >= 0.6 is 0 Å². The van der Waals surface area contributed by atoms with E-state index in [1.165, 1.54) is 55.7 Å². The molecule has 0 nitrogen and oxygen atoms in total. The molecule has 2 aliphatic carbocycles. The van der Waals surface area contributed by atoms with Gasteiger partial charge in [-0.3, -0.25) is 0 Å². The molecule has 4 aromatic carbocycles. The smallest absolute Gasteiger partial charge is 0.0155 e. The first-order chi connectivity index (χ1) is 20.5. The van der Waals surface area contributed by atoms with Crippen LogP contribution in [-0.2, 0) is 11.8 Å². The molecule has 0 radical (unpaired) electrons. The second-order valence-electron chi connectivity index (χ2n) is 12.5. The molecule has 0 aliphatic heterocycles. The number of allylic oxidation sites excluding steroid dienone is 7. The van der Waals surface area contributed by atoms with Crippen LogP contribution in [0.5, 0.6) is 0 Å². The van der Waals surface area contributed by atoms with Gasteiger partial charge in [0.25, 0.3) is 0 Å². The molecule has 0 saturated carbocycles. The lowest BCUT2D eigenvalue weighted by atomic mass is 9.80. The number of fused-ring (bicyclic) bond motifs is 2. The maximum absolute atomic E-state index is 4.04. The Balaban J connectivity index is 1.17. The fraction of sp³-hybridized carbons (Fsp3) is 0.238. The molecule has 6 rings (SSSR count). The van der Waals surface area contributed by atoms with E-state index in [1.54, 1.807) is 5.57 Å². The Morgan fingerprint density at radius 3 is 2.36 bits per heavy atom. The van der Waals surface area contributed by atoms with E-state index in [9.17, 15) is 0 Å².